The zero-order valence-electron chi connectivity index (χ0n) is 10.3. The van der Waals surface area contributed by atoms with E-state index in [4.69, 9.17) is 10.2 Å². The molecule has 0 aliphatic rings. The van der Waals surface area contributed by atoms with Gasteiger partial charge in [0, 0.05) is 12.1 Å². The smallest absolute Gasteiger partial charge is 0.335 e. The number of carboxylic acids is 1. The minimum atomic E-state index is -4.08. The molecule has 0 saturated heterocycles. The number of carboxylic acid groups (broad SMARTS) is 1. The van der Waals surface area contributed by atoms with Crippen molar-refractivity contribution in [3.63, 3.8) is 0 Å². The summed E-state index contributed by atoms with van der Waals surface area (Å²) in [7, 11) is -4.08. The number of aliphatic hydroxyl groups excluding tert-OH is 1. The maximum Gasteiger partial charge on any atom is 0.335 e. The molecule has 8 heteroatoms. The van der Waals surface area contributed by atoms with Gasteiger partial charge in [-0.25, -0.2) is 22.3 Å². The van der Waals surface area contributed by atoms with Crippen LogP contribution in [0, 0.1) is 12.7 Å². The number of halogens is 1. The Morgan fingerprint density at radius 3 is 2.53 bits per heavy atom. The fourth-order valence-electron chi connectivity index (χ4n) is 1.36. The van der Waals surface area contributed by atoms with Crippen LogP contribution in [-0.4, -0.2) is 37.2 Å². The van der Waals surface area contributed by atoms with Gasteiger partial charge in [-0.15, -0.1) is 0 Å². The van der Waals surface area contributed by atoms with Crippen LogP contribution in [0.15, 0.2) is 17.0 Å². The van der Waals surface area contributed by atoms with Gasteiger partial charge in [0.25, 0.3) is 0 Å². The first-order chi connectivity index (χ1) is 8.65. The van der Waals surface area contributed by atoms with Crippen molar-refractivity contribution in [3.05, 3.63) is 29.1 Å². The van der Waals surface area contributed by atoms with Crippen LogP contribution < -0.4 is 4.72 Å². The van der Waals surface area contributed by atoms with Crippen LogP contribution >= 0.6 is 0 Å². The highest BCUT2D eigenvalue weighted by Crippen LogP contribution is 2.20. The molecular formula is C11H14FNO5S. The van der Waals surface area contributed by atoms with Crippen LogP contribution in [0.5, 0.6) is 0 Å². The summed E-state index contributed by atoms with van der Waals surface area (Å²) in [6.07, 6.45) is -0.914. The molecule has 0 unspecified atom stereocenters. The summed E-state index contributed by atoms with van der Waals surface area (Å²) in [5.41, 5.74) is -0.636. The fourth-order valence-corrected chi connectivity index (χ4v) is 2.76. The predicted molar refractivity (Wildman–Crippen MR) is 65.0 cm³/mol. The molecular weight excluding hydrogens is 277 g/mol. The van der Waals surface area contributed by atoms with E-state index in [2.05, 4.69) is 4.72 Å². The van der Waals surface area contributed by atoms with E-state index in [9.17, 15) is 17.6 Å². The largest absolute Gasteiger partial charge is 0.478 e. The Balaban J connectivity index is 3.29. The second-order valence-electron chi connectivity index (χ2n) is 4.09. The number of sulfonamides is 1. The molecule has 0 aliphatic carbocycles. The van der Waals surface area contributed by atoms with Crippen LogP contribution in [0.3, 0.4) is 0 Å². The van der Waals surface area contributed by atoms with Gasteiger partial charge in [0.15, 0.2) is 0 Å². The Morgan fingerprint density at radius 1 is 1.47 bits per heavy atom. The van der Waals surface area contributed by atoms with E-state index >= 15 is 0 Å². The predicted octanol–water partition coefficient (Wildman–Crippen LogP) is 0.491. The Kier molecular flexibility index (Phi) is 4.61. The van der Waals surface area contributed by atoms with Gasteiger partial charge in [-0.05, 0) is 26.0 Å². The van der Waals surface area contributed by atoms with Gasteiger partial charge in [-0.2, -0.15) is 0 Å². The third-order valence-corrected chi connectivity index (χ3v) is 3.95. The number of aliphatic hydroxyl groups is 1. The average Bonchev–Trinajstić information content (AvgIpc) is 2.29. The van der Waals surface area contributed by atoms with Crippen molar-refractivity contribution < 1.29 is 27.8 Å². The van der Waals surface area contributed by atoms with Gasteiger partial charge in [-0.1, -0.05) is 0 Å². The molecule has 0 aliphatic heterocycles. The maximum atomic E-state index is 13.5. The summed E-state index contributed by atoms with van der Waals surface area (Å²) in [6, 6.07) is 1.64. The first kappa shape index (κ1) is 15.5. The number of aromatic carboxylic acids is 1. The molecule has 106 valence electrons. The van der Waals surface area contributed by atoms with E-state index in [1.807, 2.05) is 0 Å². The molecule has 19 heavy (non-hydrogen) atoms. The molecule has 0 bridgehead atoms. The van der Waals surface area contributed by atoms with E-state index in [-0.39, 0.29) is 12.1 Å². The monoisotopic (exact) mass is 291 g/mol. The van der Waals surface area contributed by atoms with Gasteiger partial charge in [0.05, 0.1) is 16.6 Å². The molecule has 6 nitrogen and oxygen atoms in total. The second kappa shape index (κ2) is 5.64. The van der Waals surface area contributed by atoms with Crippen molar-refractivity contribution in [1.82, 2.24) is 4.72 Å². The molecule has 3 N–H and O–H groups in total. The lowest BCUT2D eigenvalue weighted by Crippen LogP contribution is -2.31. The fraction of sp³-hybridized carbons (Fsp3) is 0.364. The molecule has 1 aromatic carbocycles. The van der Waals surface area contributed by atoms with Gasteiger partial charge in [0.2, 0.25) is 10.0 Å². The van der Waals surface area contributed by atoms with Crippen molar-refractivity contribution in [3.8, 4) is 0 Å². The van der Waals surface area contributed by atoms with Crippen molar-refractivity contribution in [2.75, 3.05) is 6.54 Å². The Hall–Kier alpha value is -1.51. The number of hydrogen-bond donors (Lipinski definition) is 3. The van der Waals surface area contributed by atoms with Crippen LogP contribution in [0.25, 0.3) is 0 Å². The summed E-state index contributed by atoms with van der Waals surface area (Å²) in [6.45, 7) is 2.36. The highest BCUT2D eigenvalue weighted by Gasteiger charge is 2.22. The minimum Gasteiger partial charge on any atom is -0.478 e. The maximum absolute atomic E-state index is 13.5. The van der Waals surface area contributed by atoms with Crippen molar-refractivity contribution in [1.29, 1.82) is 0 Å². The molecule has 0 saturated carbocycles. The second-order valence-corrected chi connectivity index (χ2v) is 5.82. The van der Waals surface area contributed by atoms with Crippen LogP contribution in [0.1, 0.15) is 22.8 Å². The highest BCUT2D eigenvalue weighted by atomic mass is 32.2. The summed E-state index contributed by atoms with van der Waals surface area (Å²) >= 11 is 0. The van der Waals surface area contributed by atoms with Crippen molar-refractivity contribution in [2.24, 2.45) is 0 Å². The summed E-state index contributed by atoms with van der Waals surface area (Å²) in [5, 5.41) is 17.8. The van der Waals surface area contributed by atoms with Crippen molar-refractivity contribution >= 4 is 16.0 Å². The summed E-state index contributed by atoms with van der Waals surface area (Å²) in [5.74, 6) is -2.34. The normalized spacial score (nSPS) is 13.3. The standard InChI is InChI=1S/C11H14FNO5S/c1-6(14)5-13-19(17,18)10-4-8(11(15)16)3-9(12)7(10)2/h3-4,6,13-14H,5H2,1-2H3,(H,15,16)/t6-/m0/s1. The number of hydrogen-bond acceptors (Lipinski definition) is 4. The number of nitrogens with one attached hydrogen (secondary N) is 1. The summed E-state index contributed by atoms with van der Waals surface area (Å²) < 4.78 is 39.4. The lowest BCUT2D eigenvalue weighted by molar-refractivity contribution is 0.0696. The Morgan fingerprint density at radius 2 is 2.05 bits per heavy atom. The van der Waals surface area contributed by atoms with Gasteiger partial charge >= 0.3 is 5.97 Å². The highest BCUT2D eigenvalue weighted by molar-refractivity contribution is 7.89. The van der Waals surface area contributed by atoms with E-state index in [1.165, 1.54) is 13.8 Å². The van der Waals surface area contributed by atoms with Gasteiger partial charge in [-0.3, -0.25) is 0 Å². The molecule has 1 rings (SSSR count). The topological polar surface area (TPSA) is 104 Å². The quantitative estimate of drug-likeness (QED) is 0.732. The molecule has 0 heterocycles. The van der Waals surface area contributed by atoms with Crippen LogP contribution in [-0.2, 0) is 10.0 Å². The first-order valence-corrected chi connectivity index (χ1v) is 6.84. The zero-order chi connectivity index (χ0) is 14.8. The SMILES string of the molecule is Cc1c(F)cc(C(=O)O)cc1S(=O)(=O)NC[C@H](C)O. The van der Waals surface area contributed by atoms with E-state index in [0.29, 0.717) is 0 Å². The minimum absolute atomic E-state index is 0.178. The molecule has 0 spiro atoms. The lowest BCUT2D eigenvalue weighted by Gasteiger charge is -2.12. The Bertz CT molecular complexity index is 597. The van der Waals surface area contributed by atoms with Gasteiger partial charge < -0.3 is 10.2 Å². The number of benzene rings is 1. The third kappa shape index (κ3) is 3.72. The van der Waals surface area contributed by atoms with E-state index < -0.39 is 38.4 Å². The molecule has 0 fully saturated rings. The van der Waals surface area contributed by atoms with E-state index in [1.54, 1.807) is 0 Å². The molecule has 0 aromatic heterocycles. The van der Waals surface area contributed by atoms with Crippen LogP contribution in [0.4, 0.5) is 4.39 Å². The summed E-state index contributed by atoms with van der Waals surface area (Å²) in [4.78, 5) is 10.3. The molecule has 1 aromatic rings. The zero-order valence-corrected chi connectivity index (χ0v) is 11.2. The molecule has 0 amide bonds. The third-order valence-electron chi connectivity index (χ3n) is 2.40. The van der Waals surface area contributed by atoms with Crippen LogP contribution in [0.2, 0.25) is 0 Å². The number of rotatable bonds is 5. The lowest BCUT2D eigenvalue weighted by atomic mass is 10.1. The number of carbonyl (C=O) groups is 1. The average molecular weight is 291 g/mol. The molecule has 1 atom stereocenters. The van der Waals surface area contributed by atoms with E-state index in [0.717, 1.165) is 12.1 Å². The van der Waals surface area contributed by atoms with Gasteiger partial charge in [0.1, 0.15) is 5.82 Å². The first-order valence-electron chi connectivity index (χ1n) is 5.36. The molecule has 0 radical (unpaired) electrons. The van der Waals surface area contributed by atoms with Crippen molar-refractivity contribution in [2.45, 2.75) is 24.8 Å². The Labute approximate surface area is 109 Å².